The molecular weight excluding hydrogens is 339 g/mol. The van der Waals surface area contributed by atoms with E-state index in [4.69, 9.17) is 0 Å². The predicted octanol–water partition coefficient (Wildman–Crippen LogP) is 3.51. The van der Waals surface area contributed by atoms with Gasteiger partial charge in [0.2, 0.25) is 5.78 Å². The van der Waals surface area contributed by atoms with Crippen LogP contribution in [0.15, 0.2) is 41.0 Å². The highest BCUT2D eigenvalue weighted by Crippen LogP contribution is 2.34. The summed E-state index contributed by atoms with van der Waals surface area (Å²) in [6, 6.07) is 8.08. The summed E-state index contributed by atoms with van der Waals surface area (Å²) in [7, 11) is 0. The largest absolute Gasteiger partial charge is 0.351 e. The van der Waals surface area contributed by atoms with Gasteiger partial charge in [-0.15, -0.1) is 0 Å². The molecule has 1 N–H and O–H groups in total. The van der Waals surface area contributed by atoms with Crippen LogP contribution < -0.4 is 0 Å². The van der Waals surface area contributed by atoms with Crippen molar-refractivity contribution in [2.75, 3.05) is 0 Å². The lowest BCUT2D eigenvalue weighted by Gasteiger charge is -2.01. The quantitative estimate of drug-likeness (QED) is 0.448. The number of pyridine rings is 1. The molecule has 0 bridgehead atoms. The summed E-state index contributed by atoms with van der Waals surface area (Å²) in [5, 5.41) is 0.618. The molecule has 1 aromatic carbocycles. The maximum atomic E-state index is 13.6. The summed E-state index contributed by atoms with van der Waals surface area (Å²) in [5.41, 5.74) is 1.56. The molecular formula is C15H8BrFN2O2. The Kier molecular flexibility index (Phi) is 3.39. The molecule has 0 saturated heterocycles. The van der Waals surface area contributed by atoms with Crippen molar-refractivity contribution in [1.82, 2.24) is 9.97 Å². The zero-order valence-electron chi connectivity index (χ0n) is 10.6. The first kappa shape index (κ1) is 13.6. The number of aromatic nitrogens is 2. The van der Waals surface area contributed by atoms with Crippen molar-refractivity contribution in [3.05, 3.63) is 52.5 Å². The molecule has 0 saturated carbocycles. The van der Waals surface area contributed by atoms with Gasteiger partial charge in [-0.05, 0) is 40.2 Å². The van der Waals surface area contributed by atoms with E-state index < -0.39 is 11.6 Å². The van der Waals surface area contributed by atoms with E-state index in [0.717, 1.165) is 0 Å². The number of halogens is 2. The van der Waals surface area contributed by atoms with Crippen LogP contribution in [0.2, 0.25) is 0 Å². The van der Waals surface area contributed by atoms with E-state index in [1.807, 2.05) is 0 Å². The molecule has 0 aliphatic rings. The lowest BCUT2D eigenvalue weighted by atomic mass is 10.0. The average Bonchev–Trinajstić information content (AvgIpc) is 2.86. The third-order valence-electron chi connectivity index (χ3n) is 3.11. The van der Waals surface area contributed by atoms with Gasteiger partial charge in [0, 0.05) is 22.7 Å². The first-order valence-corrected chi connectivity index (χ1v) is 6.82. The smallest absolute Gasteiger partial charge is 0.242 e. The lowest BCUT2D eigenvalue weighted by molar-refractivity contribution is -0.104. The van der Waals surface area contributed by atoms with Crippen molar-refractivity contribution < 1.29 is 14.0 Å². The second-order valence-corrected chi connectivity index (χ2v) is 5.24. The van der Waals surface area contributed by atoms with Crippen LogP contribution in [0.1, 0.15) is 10.5 Å². The number of aldehydes is 1. The third-order valence-corrected chi connectivity index (χ3v) is 3.72. The molecule has 3 aromatic rings. The van der Waals surface area contributed by atoms with Gasteiger partial charge >= 0.3 is 0 Å². The molecule has 0 amide bonds. The Bertz CT molecular complexity index is 859. The Morgan fingerprint density at radius 3 is 2.81 bits per heavy atom. The number of carbonyl (C=O) groups excluding carboxylic acids is 2. The fourth-order valence-electron chi connectivity index (χ4n) is 2.21. The number of fused-ring (bicyclic) bond motifs is 1. The van der Waals surface area contributed by atoms with E-state index in [1.54, 1.807) is 30.5 Å². The van der Waals surface area contributed by atoms with Crippen molar-refractivity contribution in [1.29, 1.82) is 0 Å². The highest BCUT2D eigenvalue weighted by Gasteiger charge is 2.20. The van der Waals surface area contributed by atoms with Gasteiger partial charge in [-0.2, -0.15) is 0 Å². The number of hydrogen-bond acceptors (Lipinski definition) is 3. The Morgan fingerprint density at radius 1 is 1.33 bits per heavy atom. The van der Waals surface area contributed by atoms with E-state index in [2.05, 4.69) is 25.9 Å². The van der Waals surface area contributed by atoms with Gasteiger partial charge in [-0.25, -0.2) is 4.39 Å². The lowest BCUT2D eigenvalue weighted by Crippen LogP contribution is -2.02. The fourth-order valence-corrected chi connectivity index (χ4v) is 2.55. The summed E-state index contributed by atoms with van der Waals surface area (Å²) >= 11 is 3.12. The third kappa shape index (κ3) is 2.27. The second kappa shape index (κ2) is 5.21. The SMILES string of the molecule is O=CC(=O)c1[nH]c2cc(F)c(Br)cc2c1-c1ccccn1. The van der Waals surface area contributed by atoms with Crippen molar-refractivity contribution in [3.8, 4) is 11.3 Å². The molecule has 0 aliphatic carbocycles. The topological polar surface area (TPSA) is 62.8 Å². The molecule has 4 nitrogen and oxygen atoms in total. The minimum atomic E-state index is -0.705. The van der Waals surface area contributed by atoms with Crippen LogP contribution in [-0.2, 0) is 4.79 Å². The van der Waals surface area contributed by atoms with Gasteiger partial charge in [0.15, 0.2) is 6.29 Å². The molecule has 0 aliphatic heterocycles. The molecule has 6 heteroatoms. The molecule has 104 valence electrons. The monoisotopic (exact) mass is 346 g/mol. The number of Topliss-reactive ketones (excluding diaryl/α,β-unsaturated/α-hetero) is 1. The average molecular weight is 347 g/mol. The molecule has 3 rings (SSSR count). The molecule has 21 heavy (non-hydrogen) atoms. The molecule has 0 atom stereocenters. The number of carbonyl (C=O) groups is 2. The number of nitrogens with zero attached hydrogens (tertiary/aromatic N) is 1. The van der Waals surface area contributed by atoms with E-state index in [0.29, 0.717) is 22.2 Å². The van der Waals surface area contributed by atoms with Crippen molar-refractivity contribution in [3.63, 3.8) is 0 Å². The fraction of sp³-hybridized carbons (Fsp3) is 0. The van der Waals surface area contributed by atoms with Gasteiger partial charge in [0.25, 0.3) is 0 Å². The number of nitrogens with one attached hydrogen (secondary N) is 1. The highest BCUT2D eigenvalue weighted by molar-refractivity contribution is 9.10. The van der Waals surface area contributed by atoms with Crippen molar-refractivity contribution >= 4 is 38.9 Å². The van der Waals surface area contributed by atoms with Crippen molar-refractivity contribution in [2.45, 2.75) is 0 Å². The van der Waals surface area contributed by atoms with E-state index in [1.165, 1.54) is 6.07 Å². The molecule has 0 fully saturated rings. The maximum Gasteiger partial charge on any atom is 0.242 e. The number of ketones is 1. The highest BCUT2D eigenvalue weighted by atomic mass is 79.9. The Balaban J connectivity index is 2.40. The van der Waals surface area contributed by atoms with Crippen LogP contribution >= 0.6 is 15.9 Å². The van der Waals surface area contributed by atoms with Crippen LogP contribution in [0.5, 0.6) is 0 Å². The standard InChI is InChI=1S/C15H8BrFN2O2/c16-9-5-8-12(6-10(9)17)19-15(13(21)7-20)14(8)11-3-1-2-4-18-11/h1-7,19H. The molecule has 0 spiro atoms. The summed E-state index contributed by atoms with van der Waals surface area (Å²) in [5.74, 6) is -1.16. The van der Waals surface area contributed by atoms with Crippen LogP contribution in [0.4, 0.5) is 4.39 Å². The summed E-state index contributed by atoms with van der Waals surface area (Å²) in [4.78, 5) is 29.6. The van der Waals surface area contributed by atoms with Gasteiger partial charge in [0.05, 0.1) is 10.2 Å². The number of hydrogen-bond donors (Lipinski definition) is 1. The van der Waals surface area contributed by atoms with E-state index >= 15 is 0 Å². The predicted molar refractivity (Wildman–Crippen MR) is 79.6 cm³/mol. The zero-order chi connectivity index (χ0) is 15.0. The minimum Gasteiger partial charge on any atom is -0.351 e. The summed E-state index contributed by atoms with van der Waals surface area (Å²) < 4.78 is 13.9. The van der Waals surface area contributed by atoms with Crippen molar-refractivity contribution in [2.24, 2.45) is 0 Å². The molecule has 0 unspecified atom stereocenters. The first-order valence-electron chi connectivity index (χ1n) is 6.03. The number of aromatic amines is 1. The van der Waals surface area contributed by atoms with Gasteiger partial charge in [-0.3, -0.25) is 14.6 Å². The van der Waals surface area contributed by atoms with E-state index in [-0.39, 0.29) is 16.5 Å². The van der Waals surface area contributed by atoms with Crippen LogP contribution in [0, 0.1) is 5.82 Å². The van der Waals surface area contributed by atoms with Gasteiger partial charge < -0.3 is 4.98 Å². The Labute approximate surface area is 127 Å². The summed E-state index contributed by atoms with van der Waals surface area (Å²) in [6.45, 7) is 0. The number of rotatable bonds is 3. The summed E-state index contributed by atoms with van der Waals surface area (Å²) in [6.07, 6.45) is 1.81. The maximum absolute atomic E-state index is 13.6. The zero-order valence-corrected chi connectivity index (χ0v) is 12.1. The first-order chi connectivity index (χ1) is 10.1. The molecule has 0 radical (unpaired) electrons. The number of H-pyrrole nitrogens is 1. The second-order valence-electron chi connectivity index (χ2n) is 4.38. The normalized spacial score (nSPS) is 10.8. The molecule has 2 aromatic heterocycles. The Morgan fingerprint density at radius 2 is 2.14 bits per heavy atom. The van der Waals surface area contributed by atoms with Gasteiger partial charge in [-0.1, -0.05) is 6.07 Å². The Hall–Kier alpha value is -2.34. The minimum absolute atomic E-state index is 0.108. The van der Waals surface area contributed by atoms with Crippen LogP contribution in [0.25, 0.3) is 22.2 Å². The number of benzene rings is 1. The molecule has 2 heterocycles. The van der Waals surface area contributed by atoms with E-state index in [9.17, 15) is 14.0 Å². The van der Waals surface area contributed by atoms with Gasteiger partial charge in [0.1, 0.15) is 11.5 Å². The van der Waals surface area contributed by atoms with Crippen LogP contribution in [-0.4, -0.2) is 22.0 Å². The van der Waals surface area contributed by atoms with Crippen LogP contribution in [0.3, 0.4) is 0 Å².